The Bertz CT molecular complexity index is 879. The molecule has 0 spiro atoms. The summed E-state index contributed by atoms with van der Waals surface area (Å²) in [5.41, 5.74) is 0.239. The summed E-state index contributed by atoms with van der Waals surface area (Å²) in [6, 6.07) is 7.64. The van der Waals surface area contributed by atoms with Crippen molar-refractivity contribution in [1.82, 2.24) is 24.3 Å². The maximum Gasteiger partial charge on any atom is 0.415 e. The van der Waals surface area contributed by atoms with Crippen molar-refractivity contribution in [2.24, 2.45) is 0 Å². The van der Waals surface area contributed by atoms with E-state index in [0.717, 1.165) is 5.69 Å². The molecule has 0 saturated heterocycles. The first-order valence-corrected chi connectivity index (χ1v) is 7.51. The Morgan fingerprint density at radius 1 is 1.40 bits per heavy atom. The number of hydrogen-bond donors (Lipinski definition) is 0. The lowest BCUT2D eigenvalue weighted by Gasteiger charge is -2.22. The van der Waals surface area contributed by atoms with Crippen LogP contribution in [0.2, 0.25) is 0 Å². The van der Waals surface area contributed by atoms with Crippen LogP contribution in [0.4, 0.5) is 5.82 Å². The predicted molar refractivity (Wildman–Crippen MR) is 84.8 cm³/mol. The molecule has 0 N–H and O–H groups in total. The second-order valence-corrected chi connectivity index (χ2v) is 5.94. The van der Waals surface area contributed by atoms with Gasteiger partial charge in [0.2, 0.25) is 0 Å². The van der Waals surface area contributed by atoms with E-state index >= 15 is 0 Å². The molecule has 0 radical (unpaired) electrons. The van der Waals surface area contributed by atoms with Crippen molar-refractivity contribution in [1.29, 1.82) is 0 Å². The van der Waals surface area contributed by atoms with Crippen LogP contribution in [0.1, 0.15) is 6.92 Å². The fraction of sp³-hybridized carbons (Fsp3) is 0.267. The molecule has 1 aliphatic heterocycles. The number of rotatable bonds is 5. The molecule has 0 saturated carbocycles. The largest absolute Gasteiger partial charge is 0.489 e. The van der Waals surface area contributed by atoms with Crippen LogP contribution in [-0.4, -0.2) is 41.4 Å². The van der Waals surface area contributed by atoms with E-state index in [1.807, 2.05) is 31.2 Å². The van der Waals surface area contributed by atoms with Crippen molar-refractivity contribution in [3.05, 3.63) is 53.2 Å². The molecule has 0 aliphatic carbocycles. The molecule has 3 heterocycles. The number of hydrogen-bond acceptors (Lipinski definition) is 7. The van der Waals surface area contributed by atoms with Crippen molar-refractivity contribution in [2.45, 2.75) is 19.1 Å². The van der Waals surface area contributed by atoms with E-state index in [1.165, 1.54) is 12.5 Å². The van der Waals surface area contributed by atoms with Gasteiger partial charge in [0.05, 0.1) is 12.2 Å². The molecule has 0 amide bonds. The minimum absolute atomic E-state index is 0.221. The van der Waals surface area contributed by atoms with Gasteiger partial charge in [-0.2, -0.15) is 5.10 Å². The van der Waals surface area contributed by atoms with Gasteiger partial charge in [0, 0.05) is 4.98 Å². The number of nitrogens with zero attached hydrogens (tertiary/aromatic N) is 6. The van der Waals surface area contributed by atoms with Crippen molar-refractivity contribution in [3.63, 3.8) is 0 Å². The van der Waals surface area contributed by atoms with Crippen molar-refractivity contribution in [3.8, 4) is 17.4 Å². The standard InChI is InChI=1S/C15H14N6O4/c1-15(7-19-6-13(21(22)23)18-14(19)25-15)8-24-12-4-2-11(3-5-12)20-10-16-9-17-20/h2-6,9-10H,7-8H2,1H3. The lowest BCUT2D eigenvalue weighted by Crippen LogP contribution is -2.38. The summed E-state index contributed by atoms with van der Waals surface area (Å²) in [4.78, 5) is 17.9. The summed E-state index contributed by atoms with van der Waals surface area (Å²) < 4.78 is 14.8. The number of nitro groups is 1. The molecular formula is C15H14N6O4. The normalized spacial score (nSPS) is 18.6. The van der Waals surface area contributed by atoms with Gasteiger partial charge >= 0.3 is 11.8 Å². The summed E-state index contributed by atoms with van der Waals surface area (Å²) in [5.74, 6) is 0.464. The van der Waals surface area contributed by atoms with Crippen LogP contribution in [0.25, 0.3) is 5.69 Å². The fourth-order valence-corrected chi connectivity index (χ4v) is 2.63. The summed E-state index contributed by atoms with van der Waals surface area (Å²) >= 11 is 0. The molecule has 0 bridgehead atoms. The van der Waals surface area contributed by atoms with Crippen LogP contribution in [-0.2, 0) is 6.54 Å². The van der Waals surface area contributed by atoms with E-state index in [1.54, 1.807) is 15.6 Å². The zero-order valence-electron chi connectivity index (χ0n) is 13.3. The number of aromatic nitrogens is 5. The van der Waals surface area contributed by atoms with E-state index in [4.69, 9.17) is 9.47 Å². The molecule has 0 fully saturated rings. The van der Waals surface area contributed by atoms with Crippen LogP contribution >= 0.6 is 0 Å². The average Bonchev–Trinajstić information content (AvgIpc) is 3.29. The van der Waals surface area contributed by atoms with Gasteiger partial charge in [0.1, 0.15) is 31.2 Å². The lowest BCUT2D eigenvalue weighted by atomic mass is 10.1. The van der Waals surface area contributed by atoms with Crippen LogP contribution in [0.3, 0.4) is 0 Å². The first kappa shape index (κ1) is 15.1. The molecule has 3 aromatic rings. The Balaban J connectivity index is 1.40. The van der Waals surface area contributed by atoms with Crippen LogP contribution in [0.5, 0.6) is 11.8 Å². The second-order valence-electron chi connectivity index (χ2n) is 5.94. The minimum Gasteiger partial charge on any atom is -0.489 e. The van der Waals surface area contributed by atoms with Crippen LogP contribution in [0, 0.1) is 10.1 Å². The van der Waals surface area contributed by atoms with Gasteiger partial charge in [-0.15, -0.1) is 0 Å². The highest BCUT2D eigenvalue weighted by atomic mass is 16.6. The average molecular weight is 342 g/mol. The molecule has 1 unspecified atom stereocenters. The minimum atomic E-state index is -0.637. The quantitative estimate of drug-likeness (QED) is 0.511. The predicted octanol–water partition coefficient (Wildman–Crippen LogP) is 1.60. The zero-order valence-corrected chi connectivity index (χ0v) is 13.3. The molecule has 10 nitrogen and oxygen atoms in total. The van der Waals surface area contributed by atoms with Gasteiger partial charge in [-0.3, -0.25) is 4.57 Å². The van der Waals surface area contributed by atoms with Crippen molar-refractivity contribution >= 4 is 5.82 Å². The van der Waals surface area contributed by atoms with Gasteiger partial charge in [0.25, 0.3) is 0 Å². The second kappa shape index (κ2) is 5.58. The zero-order chi connectivity index (χ0) is 17.4. The molecule has 2 aromatic heterocycles. The van der Waals surface area contributed by atoms with Crippen LogP contribution < -0.4 is 9.47 Å². The Morgan fingerprint density at radius 2 is 2.20 bits per heavy atom. The summed E-state index contributed by atoms with van der Waals surface area (Å²) in [7, 11) is 0. The molecule has 10 heteroatoms. The Kier molecular flexibility index (Phi) is 3.38. The van der Waals surface area contributed by atoms with Gasteiger partial charge in [-0.05, 0) is 36.1 Å². The smallest absolute Gasteiger partial charge is 0.415 e. The topological polar surface area (TPSA) is 110 Å². The summed E-state index contributed by atoms with van der Waals surface area (Å²) in [6.45, 7) is 2.59. The summed E-state index contributed by atoms with van der Waals surface area (Å²) in [6.07, 6.45) is 4.45. The first-order chi connectivity index (χ1) is 12.0. The third-order valence-electron chi connectivity index (χ3n) is 3.82. The Hall–Kier alpha value is -3.43. The van der Waals surface area contributed by atoms with E-state index in [-0.39, 0.29) is 18.4 Å². The monoisotopic (exact) mass is 342 g/mol. The lowest BCUT2D eigenvalue weighted by molar-refractivity contribution is -0.389. The number of ether oxygens (including phenoxy) is 2. The highest BCUT2D eigenvalue weighted by Crippen LogP contribution is 2.31. The van der Waals surface area contributed by atoms with Crippen molar-refractivity contribution < 1.29 is 14.4 Å². The van der Waals surface area contributed by atoms with E-state index < -0.39 is 10.5 Å². The molecule has 4 rings (SSSR count). The molecule has 1 aromatic carbocycles. The first-order valence-electron chi connectivity index (χ1n) is 7.51. The highest BCUT2D eigenvalue weighted by Gasteiger charge is 2.41. The highest BCUT2D eigenvalue weighted by molar-refractivity contribution is 5.36. The third kappa shape index (κ3) is 2.89. The summed E-state index contributed by atoms with van der Waals surface area (Å²) in [5, 5.41) is 14.8. The Labute approximate surface area is 141 Å². The number of benzene rings is 1. The van der Waals surface area contributed by atoms with E-state index in [2.05, 4.69) is 15.1 Å². The van der Waals surface area contributed by atoms with E-state index in [9.17, 15) is 10.1 Å². The molecule has 25 heavy (non-hydrogen) atoms. The maximum atomic E-state index is 10.7. The Morgan fingerprint density at radius 3 is 2.84 bits per heavy atom. The SMILES string of the molecule is CC1(COc2ccc(-n3cncn3)cc2)Cn2cc([N+](=O)[O-])nc2O1. The van der Waals surface area contributed by atoms with E-state index in [0.29, 0.717) is 12.3 Å². The van der Waals surface area contributed by atoms with Gasteiger partial charge in [-0.25, -0.2) is 9.67 Å². The fourth-order valence-electron chi connectivity index (χ4n) is 2.63. The number of fused-ring (bicyclic) bond motifs is 1. The molecule has 128 valence electrons. The maximum absolute atomic E-state index is 10.7. The number of imidazole rings is 1. The van der Waals surface area contributed by atoms with Gasteiger partial charge in [0.15, 0.2) is 5.60 Å². The van der Waals surface area contributed by atoms with Crippen molar-refractivity contribution in [2.75, 3.05) is 6.61 Å². The third-order valence-corrected chi connectivity index (χ3v) is 3.82. The molecule has 1 atom stereocenters. The van der Waals surface area contributed by atoms with Gasteiger partial charge < -0.3 is 19.6 Å². The molecular weight excluding hydrogens is 328 g/mol. The molecule has 1 aliphatic rings. The van der Waals surface area contributed by atoms with Gasteiger partial charge in [-0.1, -0.05) is 0 Å². The van der Waals surface area contributed by atoms with Crippen LogP contribution in [0.15, 0.2) is 43.1 Å².